The van der Waals surface area contributed by atoms with Gasteiger partial charge < -0.3 is 16.0 Å². The van der Waals surface area contributed by atoms with Crippen LogP contribution in [0.2, 0.25) is 0 Å². The van der Waals surface area contributed by atoms with Crippen LogP contribution in [0.15, 0.2) is 41.3 Å². The van der Waals surface area contributed by atoms with Crippen LogP contribution in [-0.4, -0.2) is 10.9 Å². The minimum Gasteiger partial charge on any atom is -0.397 e. The van der Waals surface area contributed by atoms with Gasteiger partial charge in [-0.1, -0.05) is 0 Å². The molecule has 0 fully saturated rings. The Kier molecular flexibility index (Phi) is 3.09. The number of nitrogens with two attached hydrogens (primary N) is 1. The summed E-state index contributed by atoms with van der Waals surface area (Å²) in [6.45, 7) is 0. The van der Waals surface area contributed by atoms with E-state index in [2.05, 4.69) is 10.3 Å². The predicted octanol–water partition coefficient (Wildman–Crippen LogP) is 1.35. The molecule has 1 aromatic carbocycles. The molecule has 0 atom stereocenters. The van der Waals surface area contributed by atoms with Gasteiger partial charge in [-0.05, 0) is 24.3 Å². The first-order valence-corrected chi connectivity index (χ1v) is 5.11. The topological polar surface area (TPSA) is 88.0 Å². The van der Waals surface area contributed by atoms with E-state index in [1.54, 1.807) is 0 Å². The lowest BCUT2D eigenvalue weighted by atomic mass is 10.2. The summed E-state index contributed by atoms with van der Waals surface area (Å²) in [6.07, 6.45) is 1.29. The van der Waals surface area contributed by atoms with Crippen molar-refractivity contribution in [1.29, 1.82) is 0 Å². The Morgan fingerprint density at radius 1 is 1.28 bits per heavy atom. The Morgan fingerprint density at radius 2 is 2.06 bits per heavy atom. The third kappa shape index (κ3) is 2.54. The van der Waals surface area contributed by atoms with Crippen molar-refractivity contribution in [1.82, 2.24) is 4.98 Å². The summed E-state index contributed by atoms with van der Waals surface area (Å²) >= 11 is 0. The van der Waals surface area contributed by atoms with E-state index in [0.29, 0.717) is 5.69 Å². The number of halogens is 1. The zero-order chi connectivity index (χ0) is 13.1. The molecule has 4 N–H and O–H groups in total. The molecule has 0 unspecified atom stereocenters. The maximum atomic E-state index is 12.8. The molecule has 1 aromatic heterocycles. The Morgan fingerprint density at radius 3 is 2.67 bits per heavy atom. The van der Waals surface area contributed by atoms with E-state index in [4.69, 9.17) is 5.73 Å². The maximum Gasteiger partial charge on any atom is 0.257 e. The van der Waals surface area contributed by atoms with Crippen molar-refractivity contribution in [2.24, 2.45) is 0 Å². The Labute approximate surface area is 101 Å². The van der Waals surface area contributed by atoms with Crippen LogP contribution in [0.3, 0.4) is 0 Å². The van der Waals surface area contributed by atoms with Gasteiger partial charge in [-0.15, -0.1) is 0 Å². The number of amides is 1. The van der Waals surface area contributed by atoms with Crippen molar-refractivity contribution in [3.05, 3.63) is 58.3 Å². The Balaban J connectivity index is 2.21. The van der Waals surface area contributed by atoms with Crippen LogP contribution >= 0.6 is 0 Å². The SMILES string of the molecule is Nc1cc(F)ccc1NC(=O)c1ccc(=O)[nH]c1. The zero-order valence-electron chi connectivity index (χ0n) is 9.24. The van der Waals surface area contributed by atoms with E-state index in [1.165, 1.54) is 30.5 Å². The smallest absolute Gasteiger partial charge is 0.257 e. The zero-order valence-corrected chi connectivity index (χ0v) is 9.24. The van der Waals surface area contributed by atoms with Crippen LogP contribution in [0.5, 0.6) is 0 Å². The summed E-state index contributed by atoms with van der Waals surface area (Å²) in [5.41, 5.74) is 5.98. The highest BCUT2D eigenvalue weighted by molar-refractivity contribution is 6.05. The number of aromatic amines is 1. The number of H-pyrrole nitrogens is 1. The minimum absolute atomic E-state index is 0.132. The summed E-state index contributed by atoms with van der Waals surface area (Å²) in [7, 11) is 0. The second kappa shape index (κ2) is 4.70. The molecular weight excluding hydrogens is 237 g/mol. The van der Waals surface area contributed by atoms with Crippen molar-refractivity contribution in [2.75, 3.05) is 11.1 Å². The molecule has 5 nitrogen and oxygen atoms in total. The second-order valence-corrected chi connectivity index (χ2v) is 3.63. The molecule has 0 spiro atoms. The van der Waals surface area contributed by atoms with Gasteiger partial charge in [0.1, 0.15) is 5.82 Å². The number of hydrogen-bond acceptors (Lipinski definition) is 3. The van der Waals surface area contributed by atoms with E-state index in [0.717, 1.165) is 6.07 Å². The lowest BCUT2D eigenvalue weighted by Gasteiger charge is -2.07. The highest BCUT2D eigenvalue weighted by Crippen LogP contribution is 2.19. The standard InChI is InChI=1S/C12H10FN3O2/c13-8-2-3-10(9(14)5-8)16-12(18)7-1-4-11(17)15-6-7/h1-6H,14H2,(H,15,17)(H,16,18). The van der Waals surface area contributed by atoms with Crippen LogP contribution in [0.1, 0.15) is 10.4 Å². The molecule has 1 heterocycles. The summed E-state index contributed by atoms with van der Waals surface area (Å²) in [4.78, 5) is 25.0. The van der Waals surface area contributed by atoms with Gasteiger partial charge in [-0.2, -0.15) is 0 Å². The number of hydrogen-bond donors (Lipinski definition) is 3. The number of anilines is 2. The van der Waals surface area contributed by atoms with Crippen molar-refractivity contribution in [3.63, 3.8) is 0 Å². The molecule has 0 saturated carbocycles. The molecule has 92 valence electrons. The Bertz CT molecular complexity index is 632. The molecule has 0 radical (unpaired) electrons. The number of nitrogen functional groups attached to an aromatic ring is 1. The van der Waals surface area contributed by atoms with Crippen LogP contribution in [0.4, 0.5) is 15.8 Å². The normalized spacial score (nSPS) is 10.1. The summed E-state index contributed by atoms with van der Waals surface area (Å²) in [5.74, 6) is -0.918. The molecule has 0 aliphatic carbocycles. The highest BCUT2D eigenvalue weighted by atomic mass is 19.1. The Hall–Kier alpha value is -2.63. The van der Waals surface area contributed by atoms with Gasteiger partial charge in [-0.3, -0.25) is 9.59 Å². The van der Waals surface area contributed by atoms with Gasteiger partial charge in [0, 0.05) is 12.3 Å². The van der Waals surface area contributed by atoms with Gasteiger partial charge >= 0.3 is 0 Å². The molecule has 0 saturated heterocycles. The van der Waals surface area contributed by atoms with E-state index in [1.807, 2.05) is 0 Å². The third-order valence-electron chi connectivity index (χ3n) is 2.31. The largest absolute Gasteiger partial charge is 0.397 e. The van der Waals surface area contributed by atoms with E-state index >= 15 is 0 Å². The first-order chi connectivity index (χ1) is 8.56. The average molecular weight is 247 g/mol. The molecule has 0 aliphatic heterocycles. The van der Waals surface area contributed by atoms with Crippen molar-refractivity contribution >= 4 is 17.3 Å². The predicted molar refractivity (Wildman–Crippen MR) is 65.8 cm³/mol. The van der Waals surface area contributed by atoms with Gasteiger partial charge in [0.05, 0.1) is 16.9 Å². The fraction of sp³-hybridized carbons (Fsp3) is 0. The molecular formula is C12H10FN3O2. The van der Waals surface area contributed by atoms with Crippen molar-refractivity contribution in [3.8, 4) is 0 Å². The minimum atomic E-state index is -0.477. The summed E-state index contributed by atoms with van der Waals surface area (Å²) in [5, 5.41) is 2.52. The maximum absolute atomic E-state index is 12.8. The average Bonchev–Trinajstić information content (AvgIpc) is 2.33. The molecule has 2 aromatic rings. The number of carbonyl (C=O) groups excluding carboxylic acids is 1. The van der Waals surface area contributed by atoms with E-state index in [-0.39, 0.29) is 16.8 Å². The first kappa shape index (κ1) is 11.8. The molecule has 6 heteroatoms. The molecule has 2 rings (SSSR count). The number of aromatic nitrogens is 1. The van der Waals surface area contributed by atoms with Crippen LogP contribution < -0.4 is 16.6 Å². The second-order valence-electron chi connectivity index (χ2n) is 3.63. The number of pyridine rings is 1. The first-order valence-electron chi connectivity index (χ1n) is 5.11. The molecule has 0 aliphatic rings. The van der Waals surface area contributed by atoms with Crippen molar-refractivity contribution < 1.29 is 9.18 Å². The van der Waals surface area contributed by atoms with Crippen LogP contribution in [-0.2, 0) is 0 Å². The lowest BCUT2D eigenvalue weighted by Crippen LogP contribution is -2.15. The van der Waals surface area contributed by atoms with Gasteiger partial charge in [0.15, 0.2) is 0 Å². The molecule has 18 heavy (non-hydrogen) atoms. The number of carbonyl (C=O) groups is 1. The quantitative estimate of drug-likeness (QED) is 0.700. The van der Waals surface area contributed by atoms with E-state index < -0.39 is 11.7 Å². The summed E-state index contributed by atoms with van der Waals surface area (Å²) < 4.78 is 12.8. The number of benzene rings is 1. The van der Waals surface area contributed by atoms with E-state index in [9.17, 15) is 14.0 Å². The third-order valence-corrected chi connectivity index (χ3v) is 2.31. The lowest BCUT2D eigenvalue weighted by molar-refractivity contribution is 0.102. The molecule has 1 amide bonds. The number of rotatable bonds is 2. The fourth-order valence-electron chi connectivity index (χ4n) is 1.39. The fourth-order valence-corrected chi connectivity index (χ4v) is 1.39. The van der Waals surface area contributed by atoms with Gasteiger partial charge in [0.2, 0.25) is 5.56 Å². The van der Waals surface area contributed by atoms with Crippen LogP contribution in [0, 0.1) is 5.82 Å². The van der Waals surface area contributed by atoms with Crippen LogP contribution in [0.25, 0.3) is 0 Å². The molecule has 0 bridgehead atoms. The van der Waals surface area contributed by atoms with Gasteiger partial charge in [-0.25, -0.2) is 4.39 Å². The monoisotopic (exact) mass is 247 g/mol. The highest BCUT2D eigenvalue weighted by Gasteiger charge is 2.08. The van der Waals surface area contributed by atoms with Crippen molar-refractivity contribution in [2.45, 2.75) is 0 Å². The van der Waals surface area contributed by atoms with Gasteiger partial charge in [0.25, 0.3) is 5.91 Å². The number of nitrogens with one attached hydrogen (secondary N) is 2. The summed E-state index contributed by atoms with van der Waals surface area (Å²) in [6, 6.07) is 6.30.